The van der Waals surface area contributed by atoms with Gasteiger partial charge in [-0.3, -0.25) is 0 Å². The topological polar surface area (TPSA) is 24.9 Å². The van der Waals surface area contributed by atoms with Gasteiger partial charge in [-0.25, -0.2) is 4.98 Å². The van der Waals surface area contributed by atoms with Gasteiger partial charge < -0.3 is 5.32 Å². The van der Waals surface area contributed by atoms with Crippen molar-refractivity contribution in [3.05, 3.63) is 64.1 Å². The zero-order chi connectivity index (χ0) is 14.7. The van der Waals surface area contributed by atoms with Crippen LogP contribution in [-0.2, 0) is 12.8 Å². The van der Waals surface area contributed by atoms with Crippen LogP contribution in [0, 0.1) is 0 Å². The number of fused-ring (bicyclic) bond motifs is 1. The number of rotatable bonds is 5. The first-order valence-corrected chi connectivity index (χ1v) is 8.20. The van der Waals surface area contributed by atoms with Crippen LogP contribution in [0.5, 0.6) is 0 Å². The number of nitrogens with one attached hydrogen (secondary N) is 1. The van der Waals surface area contributed by atoms with E-state index >= 15 is 0 Å². The first-order valence-electron chi connectivity index (χ1n) is 7.01. The molecule has 0 radical (unpaired) electrons. The molecular formula is C17H17ClN2S. The Morgan fingerprint density at radius 3 is 2.57 bits per heavy atom. The number of aromatic nitrogens is 1. The summed E-state index contributed by atoms with van der Waals surface area (Å²) in [5, 5.41) is 5.36. The predicted molar refractivity (Wildman–Crippen MR) is 91.3 cm³/mol. The summed E-state index contributed by atoms with van der Waals surface area (Å²) in [6, 6.07) is 16.8. The van der Waals surface area contributed by atoms with E-state index in [9.17, 15) is 0 Å². The van der Waals surface area contributed by atoms with Crippen molar-refractivity contribution in [1.82, 2.24) is 10.3 Å². The summed E-state index contributed by atoms with van der Waals surface area (Å²) in [7, 11) is 2.01. The molecule has 3 aromatic rings. The van der Waals surface area contributed by atoms with Crippen LogP contribution in [0.1, 0.15) is 10.6 Å². The molecule has 21 heavy (non-hydrogen) atoms. The van der Waals surface area contributed by atoms with Gasteiger partial charge in [0.1, 0.15) is 0 Å². The minimum atomic E-state index is 0.381. The fourth-order valence-electron chi connectivity index (χ4n) is 2.40. The van der Waals surface area contributed by atoms with Crippen LogP contribution < -0.4 is 5.32 Å². The second-order valence-corrected chi connectivity index (χ2v) is 6.65. The van der Waals surface area contributed by atoms with Crippen molar-refractivity contribution in [3.63, 3.8) is 0 Å². The van der Waals surface area contributed by atoms with Crippen LogP contribution in [0.25, 0.3) is 10.2 Å². The molecule has 4 heteroatoms. The van der Waals surface area contributed by atoms with E-state index in [1.807, 2.05) is 25.2 Å². The number of thiazole rings is 1. The van der Waals surface area contributed by atoms with E-state index in [1.54, 1.807) is 11.3 Å². The van der Waals surface area contributed by atoms with Crippen LogP contribution in [0.2, 0.25) is 5.02 Å². The Kier molecular flexibility index (Phi) is 4.54. The van der Waals surface area contributed by atoms with Gasteiger partial charge in [0.25, 0.3) is 0 Å². The van der Waals surface area contributed by atoms with Gasteiger partial charge >= 0.3 is 0 Å². The Hall–Kier alpha value is -1.42. The maximum absolute atomic E-state index is 5.93. The van der Waals surface area contributed by atoms with Crippen molar-refractivity contribution < 1.29 is 0 Å². The number of likely N-dealkylation sites (N-methyl/N-ethyl adjacent to an activating group) is 1. The van der Waals surface area contributed by atoms with Crippen molar-refractivity contribution in [3.8, 4) is 0 Å². The molecule has 0 spiro atoms. The average molecular weight is 317 g/mol. The zero-order valence-corrected chi connectivity index (χ0v) is 13.4. The maximum atomic E-state index is 5.93. The van der Waals surface area contributed by atoms with E-state index in [4.69, 9.17) is 16.6 Å². The lowest BCUT2D eigenvalue weighted by Gasteiger charge is -2.14. The quantitative estimate of drug-likeness (QED) is 0.758. The van der Waals surface area contributed by atoms with Crippen LogP contribution >= 0.6 is 22.9 Å². The molecule has 108 valence electrons. The summed E-state index contributed by atoms with van der Waals surface area (Å²) in [6.07, 6.45) is 1.92. The van der Waals surface area contributed by atoms with E-state index in [0.29, 0.717) is 6.04 Å². The third-order valence-electron chi connectivity index (χ3n) is 3.56. The molecule has 1 heterocycles. The summed E-state index contributed by atoms with van der Waals surface area (Å²) < 4.78 is 1.26. The van der Waals surface area contributed by atoms with E-state index < -0.39 is 0 Å². The summed E-state index contributed by atoms with van der Waals surface area (Å²) in [5.74, 6) is 0. The van der Waals surface area contributed by atoms with Gasteiger partial charge in [0.15, 0.2) is 0 Å². The molecule has 2 aromatic carbocycles. The van der Waals surface area contributed by atoms with E-state index in [1.165, 1.54) is 15.3 Å². The molecule has 0 aliphatic carbocycles. The predicted octanol–water partition coefficient (Wildman–Crippen LogP) is 4.32. The molecule has 0 bridgehead atoms. The largest absolute Gasteiger partial charge is 0.316 e. The van der Waals surface area contributed by atoms with Crippen LogP contribution in [0.15, 0.2) is 48.5 Å². The lowest BCUT2D eigenvalue weighted by atomic mass is 10.0. The van der Waals surface area contributed by atoms with E-state index in [-0.39, 0.29) is 0 Å². The molecule has 0 aliphatic heterocycles. The second-order valence-electron chi connectivity index (χ2n) is 5.10. The second kappa shape index (κ2) is 6.56. The highest BCUT2D eigenvalue weighted by Crippen LogP contribution is 2.23. The van der Waals surface area contributed by atoms with Crippen molar-refractivity contribution in [1.29, 1.82) is 0 Å². The average Bonchev–Trinajstić information content (AvgIpc) is 2.91. The van der Waals surface area contributed by atoms with Gasteiger partial charge in [0, 0.05) is 17.5 Å². The molecule has 0 fully saturated rings. The number of nitrogens with zero attached hydrogens (tertiary/aromatic N) is 1. The van der Waals surface area contributed by atoms with Crippen LogP contribution in [0.4, 0.5) is 0 Å². The van der Waals surface area contributed by atoms with Gasteiger partial charge in [-0.2, -0.15) is 0 Å². The molecule has 3 rings (SSSR count). The molecule has 1 N–H and O–H groups in total. The normalized spacial score (nSPS) is 12.7. The summed E-state index contributed by atoms with van der Waals surface area (Å²) in [4.78, 5) is 4.71. The van der Waals surface area contributed by atoms with Gasteiger partial charge in [-0.15, -0.1) is 11.3 Å². The SMILES string of the molecule is CNC(Cc1ccc(Cl)cc1)Cc1nc2ccccc2s1. The van der Waals surface area contributed by atoms with Crippen LogP contribution in [0.3, 0.4) is 0 Å². The molecule has 1 aromatic heterocycles. The molecule has 0 aliphatic rings. The van der Waals surface area contributed by atoms with Crippen molar-refractivity contribution in [2.75, 3.05) is 7.05 Å². The fourth-order valence-corrected chi connectivity index (χ4v) is 3.57. The van der Waals surface area contributed by atoms with Crippen molar-refractivity contribution >= 4 is 33.2 Å². The zero-order valence-electron chi connectivity index (χ0n) is 11.8. The number of hydrogen-bond acceptors (Lipinski definition) is 3. The molecule has 2 nitrogen and oxygen atoms in total. The lowest BCUT2D eigenvalue weighted by molar-refractivity contribution is 0.555. The van der Waals surface area contributed by atoms with Crippen molar-refractivity contribution in [2.45, 2.75) is 18.9 Å². The number of para-hydroxylation sites is 1. The molecule has 1 unspecified atom stereocenters. The Bertz CT molecular complexity index is 688. The Balaban J connectivity index is 1.73. The smallest absolute Gasteiger partial charge is 0.0954 e. The summed E-state index contributed by atoms with van der Waals surface area (Å²) in [5.41, 5.74) is 2.39. The standard InChI is InChI=1S/C17H17ClN2S/c1-19-14(10-12-6-8-13(18)9-7-12)11-17-20-15-4-2-3-5-16(15)21-17/h2-9,14,19H,10-11H2,1H3. The third kappa shape index (κ3) is 3.62. The molecule has 0 saturated heterocycles. The Morgan fingerprint density at radius 2 is 1.86 bits per heavy atom. The minimum Gasteiger partial charge on any atom is -0.316 e. The van der Waals surface area contributed by atoms with Crippen molar-refractivity contribution in [2.24, 2.45) is 0 Å². The number of benzene rings is 2. The van der Waals surface area contributed by atoms with Gasteiger partial charge in [0.2, 0.25) is 0 Å². The van der Waals surface area contributed by atoms with Gasteiger partial charge in [0.05, 0.1) is 15.2 Å². The monoisotopic (exact) mass is 316 g/mol. The minimum absolute atomic E-state index is 0.381. The number of hydrogen-bond donors (Lipinski definition) is 1. The highest BCUT2D eigenvalue weighted by atomic mass is 35.5. The Morgan fingerprint density at radius 1 is 1.10 bits per heavy atom. The summed E-state index contributed by atoms with van der Waals surface area (Å²) >= 11 is 7.71. The maximum Gasteiger partial charge on any atom is 0.0954 e. The molecule has 1 atom stereocenters. The number of halogens is 1. The van der Waals surface area contributed by atoms with Gasteiger partial charge in [-0.05, 0) is 43.3 Å². The van der Waals surface area contributed by atoms with E-state index in [0.717, 1.165) is 23.4 Å². The molecular weight excluding hydrogens is 300 g/mol. The first-order chi connectivity index (χ1) is 10.2. The molecule has 0 saturated carbocycles. The Labute approximate surface area is 133 Å². The lowest BCUT2D eigenvalue weighted by Crippen LogP contribution is -2.29. The van der Waals surface area contributed by atoms with E-state index in [2.05, 4.69) is 35.6 Å². The molecule has 0 amide bonds. The highest BCUT2D eigenvalue weighted by molar-refractivity contribution is 7.18. The third-order valence-corrected chi connectivity index (χ3v) is 4.87. The summed E-state index contributed by atoms with van der Waals surface area (Å²) in [6.45, 7) is 0. The highest BCUT2D eigenvalue weighted by Gasteiger charge is 2.12. The fraction of sp³-hybridized carbons (Fsp3) is 0.235. The van der Waals surface area contributed by atoms with Gasteiger partial charge in [-0.1, -0.05) is 35.9 Å². The van der Waals surface area contributed by atoms with Crippen LogP contribution in [-0.4, -0.2) is 18.1 Å². The first kappa shape index (κ1) is 14.5.